The van der Waals surface area contributed by atoms with Crippen molar-refractivity contribution in [2.45, 2.75) is 162 Å². The molecule has 1 unspecified atom stereocenters. The Morgan fingerprint density at radius 3 is 1.58 bits per heavy atom. The zero-order valence-corrected chi connectivity index (χ0v) is 22.8. The van der Waals surface area contributed by atoms with Gasteiger partial charge in [-0.3, -0.25) is 4.79 Å². The van der Waals surface area contributed by atoms with E-state index in [2.05, 4.69) is 33.1 Å². The van der Waals surface area contributed by atoms with Crippen molar-refractivity contribution in [2.75, 3.05) is 0 Å². The van der Waals surface area contributed by atoms with E-state index in [0.29, 0.717) is 5.92 Å². The molecule has 0 aromatic rings. The molecule has 0 aliphatic heterocycles. The summed E-state index contributed by atoms with van der Waals surface area (Å²) in [7, 11) is 0. The van der Waals surface area contributed by atoms with E-state index in [1.807, 2.05) is 0 Å². The summed E-state index contributed by atoms with van der Waals surface area (Å²) in [5.41, 5.74) is 4.50. The van der Waals surface area contributed by atoms with E-state index in [9.17, 15) is 9.90 Å². The molecular weight excluding hydrogens is 404 g/mol. The number of hydrogen-bond donors (Lipinski definition) is 1. The van der Waals surface area contributed by atoms with Crippen molar-refractivity contribution in [1.82, 2.24) is 0 Å². The van der Waals surface area contributed by atoms with E-state index in [4.69, 9.17) is 0 Å². The van der Waals surface area contributed by atoms with Crippen LogP contribution < -0.4 is 0 Å². The molecule has 33 heavy (non-hydrogen) atoms. The molecule has 0 fully saturated rings. The van der Waals surface area contributed by atoms with Crippen LogP contribution in [0.5, 0.6) is 0 Å². The van der Waals surface area contributed by atoms with E-state index in [1.165, 1.54) is 121 Å². The van der Waals surface area contributed by atoms with Crippen LogP contribution in [0.1, 0.15) is 162 Å². The van der Waals surface area contributed by atoms with Crippen LogP contribution in [0.2, 0.25) is 0 Å². The van der Waals surface area contributed by atoms with Crippen molar-refractivity contribution >= 4 is 5.97 Å². The summed E-state index contributed by atoms with van der Waals surface area (Å²) in [4.78, 5) is 11.2. The van der Waals surface area contributed by atoms with Gasteiger partial charge >= 0.3 is 5.97 Å². The second-order valence-corrected chi connectivity index (χ2v) is 10.7. The summed E-state index contributed by atoms with van der Waals surface area (Å²) in [5.74, 6) is 0.501. The van der Waals surface area contributed by atoms with Crippen LogP contribution in [0.25, 0.3) is 0 Å². The Kier molecular flexibility index (Phi) is 23.4. The van der Waals surface area contributed by atoms with Crippen LogP contribution >= 0.6 is 0 Å². The topological polar surface area (TPSA) is 37.3 Å². The van der Waals surface area contributed by atoms with Gasteiger partial charge in [0.25, 0.3) is 0 Å². The van der Waals surface area contributed by atoms with Gasteiger partial charge < -0.3 is 5.11 Å². The number of carbonyl (C=O) groups is 1. The van der Waals surface area contributed by atoms with E-state index in [1.54, 1.807) is 0 Å². The SMILES string of the molecule is C=C=C(CCCCCCCC(C)C)C(CCCCCCCCCCCCCC)CCC(=O)O. The summed E-state index contributed by atoms with van der Waals surface area (Å²) >= 11 is 0. The highest BCUT2D eigenvalue weighted by molar-refractivity contribution is 5.66. The molecule has 0 heterocycles. The van der Waals surface area contributed by atoms with Crippen LogP contribution in [-0.2, 0) is 4.79 Å². The summed E-state index contributed by atoms with van der Waals surface area (Å²) < 4.78 is 0. The lowest BCUT2D eigenvalue weighted by atomic mass is 9.86. The van der Waals surface area contributed by atoms with Gasteiger partial charge in [-0.05, 0) is 43.1 Å². The summed E-state index contributed by atoms with van der Waals surface area (Å²) in [6.45, 7) is 10.8. The number of unbranched alkanes of at least 4 members (excludes halogenated alkanes) is 15. The Balaban J connectivity index is 4.03. The third kappa shape index (κ3) is 22.5. The van der Waals surface area contributed by atoms with E-state index in [-0.39, 0.29) is 6.42 Å². The van der Waals surface area contributed by atoms with E-state index < -0.39 is 5.97 Å². The fraction of sp³-hybridized carbons (Fsp3) is 0.871. The van der Waals surface area contributed by atoms with Crippen molar-refractivity contribution in [3.05, 3.63) is 17.9 Å². The average molecular weight is 463 g/mol. The van der Waals surface area contributed by atoms with Crippen molar-refractivity contribution in [3.63, 3.8) is 0 Å². The van der Waals surface area contributed by atoms with Gasteiger partial charge in [0.05, 0.1) is 0 Å². The van der Waals surface area contributed by atoms with Gasteiger partial charge in [-0.2, -0.15) is 0 Å². The molecular formula is C31H58O2. The zero-order chi connectivity index (χ0) is 24.6. The quantitative estimate of drug-likeness (QED) is 0.108. The maximum Gasteiger partial charge on any atom is 0.303 e. The molecule has 0 rings (SSSR count). The molecule has 0 aromatic carbocycles. The molecule has 0 amide bonds. The van der Waals surface area contributed by atoms with Gasteiger partial charge in [0.2, 0.25) is 0 Å². The predicted molar refractivity (Wildman–Crippen MR) is 146 cm³/mol. The highest BCUT2D eigenvalue weighted by Gasteiger charge is 2.15. The highest BCUT2D eigenvalue weighted by atomic mass is 16.4. The van der Waals surface area contributed by atoms with E-state index in [0.717, 1.165) is 25.2 Å². The van der Waals surface area contributed by atoms with E-state index >= 15 is 0 Å². The smallest absolute Gasteiger partial charge is 0.303 e. The molecule has 194 valence electrons. The predicted octanol–water partition coefficient (Wildman–Crippen LogP) is 10.7. The van der Waals surface area contributed by atoms with Crippen molar-refractivity contribution in [2.24, 2.45) is 11.8 Å². The first-order chi connectivity index (χ1) is 16.0. The molecule has 0 aliphatic carbocycles. The lowest BCUT2D eigenvalue weighted by Gasteiger charge is -2.19. The Morgan fingerprint density at radius 1 is 0.667 bits per heavy atom. The van der Waals surface area contributed by atoms with Crippen LogP contribution in [0.4, 0.5) is 0 Å². The maximum absolute atomic E-state index is 11.2. The van der Waals surface area contributed by atoms with Crippen molar-refractivity contribution in [3.8, 4) is 0 Å². The van der Waals surface area contributed by atoms with Crippen LogP contribution in [0.15, 0.2) is 17.9 Å². The van der Waals surface area contributed by atoms with Crippen LogP contribution in [-0.4, -0.2) is 11.1 Å². The minimum atomic E-state index is -0.678. The van der Waals surface area contributed by atoms with Gasteiger partial charge in [0.15, 0.2) is 0 Å². The molecule has 2 heteroatoms. The summed E-state index contributed by atoms with van der Waals surface area (Å²) in [6, 6.07) is 0. The van der Waals surface area contributed by atoms with Crippen molar-refractivity contribution in [1.29, 1.82) is 0 Å². The lowest BCUT2D eigenvalue weighted by Crippen LogP contribution is -2.08. The number of carboxylic acids is 1. The first-order valence-corrected chi connectivity index (χ1v) is 14.6. The largest absolute Gasteiger partial charge is 0.481 e. The van der Waals surface area contributed by atoms with Crippen LogP contribution in [0.3, 0.4) is 0 Å². The number of allylic oxidation sites excluding steroid dienone is 1. The molecule has 0 aromatic heterocycles. The molecule has 0 radical (unpaired) electrons. The Hall–Kier alpha value is -1.01. The zero-order valence-electron chi connectivity index (χ0n) is 22.8. The van der Waals surface area contributed by atoms with Gasteiger partial charge in [-0.15, -0.1) is 5.73 Å². The molecule has 1 N–H and O–H groups in total. The lowest BCUT2D eigenvalue weighted by molar-refractivity contribution is -0.137. The number of carboxylic acid groups (broad SMARTS) is 1. The van der Waals surface area contributed by atoms with Gasteiger partial charge in [0, 0.05) is 6.42 Å². The van der Waals surface area contributed by atoms with Gasteiger partial charge in [-0.25, -0.2) is 0 Å². The first kappa shape index (κ1) is 32.0. The third-order valence-corrected chi connectivity index (χ3v) is 7.06. The van der Waals surface area contributed by atoms with Crippen LogP contribution in [0, 0.1) is 11.8 Å². The molecule has 0 bridgehead atoms. The number of hydrogen-bond acceptors (Lipinski definition) is 1. The number of aliphatic carboxylic acids is 1. The summed E-state index contributed by atoms with van der Waals surface area (Å²) in [6.07, 6.45) is 27.3. The average Bonchev–Trinajstić information content (AvgIpc) is 2.78. The molecule has 0 spiro atoms. The molecule has 0 saturated heterocycles. The highest BCUT2D eigenvalue weighted by Crippen LogP contribution is 2.28. The fourth-order valence-corrected chi connectivity index (χ4v) is 4.86. The standard InChI is InChI=1S/C31H58O2/c1-5-7-8-9-10-11-12-13-14-15-18-22-25-30(26-27-31(32)33)29(6-2)24-21-19-16-17-20-23-28(3)4/h28,30H,2,5,7-27H2,1,3-4H3,(H,32,33). The van der Waals surface area contributed by atoms with Gasteiger partial charge in [-0.1, -0.05) is 137 Å². The molecule has 0 aliphatic rings. The monoisotopic (exact) mass is 462 g/mol. The maximum atomic E-state index is 11.2. The normalized spacial score (nSPS) is 12.1. The Bertz CT molecular complexity index is 487. The fourth-order valence-electron chi connectivity index (χ4n) is 4.86. The third-order valence-electron chi connectivity index (χ3n) is 7.06. The Labute approximate surface area is 207 Å². The second kappa shape index (κ2) is 24.1. The molecule has 1 atom stereocenters. The minimum absolute atomic E-state index is 0.267. The summed E-state index contributed by atoms with van der Waals surface area (Å²) in [5, 5.41) is 9.18. The molecule has 0 saturated carbocycles. The number of rotatable bonds is 25. The first-order valence-electron chi connectivity index (χ1n) is 14.6. The Morgan fingerprint density at radius 2 is 1.12 bits per heavy atom. The molecule has 2 nitrogen and oxygen atoms in total. The minimum Gasteiger partial charge on any atom is -0.481 e. The second-order valence-electron chi connectivity index (χ2n) is 10.7. The van der Waals surface area contributed by atoms with Gasteiger partial charge in [0.1, 0.15) is 0 Å². The van der Waals surface area contributed by atoms with Crippen molar-refractivity contribution < 1.29 is 9.90 Å².